The van der Waals surface area contributed by atoms with Gasteiger partial charge in [0.2, 0.25) is 0 Å². The second kappa shape index (κ2) is 4.25. The molecule has 1 saturated heterocycles. The summed E-state index contributed by atoms with van der Waals surface area (Å²) in [7, 11) is 0. The fourth-order valence-electron chi connectivity index (χ4n) is 3.16. The number of hydrogen-bond donors (Lipinski definition) is 1. The topological polar surface area (TPSA) is 32.3 Å². The van der Waals surface area contributed by atoms with Crippen LogP contribution in [0.2, 0.25) is 0 Å². The molecule has 0 unspecified atom stereocenters. The lowest BCUT2D eigenvalue weighted by Crippen LogP contribution is -2.44. The van der Waals surface area contributed by atoms with Crippen LogP contribution in [-0.2, 0) is 6.42 Å². The minimum atomic E-state index is 0.0540. The highest BCUT2D eigenvalue weighted by Crippen LogP contribution is 2.36. The van der Waals surface area contributed by atoms with Crippen LogP contribution >= 0.6 is 11.8 Å². The Morgan fingerprint density at radius 3 is 2.94 bits per heavy atom. The minimum absolute atomic E-state index is 0.0540. The molecule has 0 saturated carbocycles. The molecule has 2 atom stereocenters. The molecule has 0 bridgehead atoms. The maximum Gasteiger partial charge on any atom is 0.252 e. The van der Waals surface area contributed by atoms with E-state index in [1.807, 2.05) is 6.92 Å². The van der Waals surface area contributed by atoms with Gasteiger partial charge in [0.1, 0.15) is 0 Å². The van der Waals surface area contributed by atoms with Crippen molar-refractivity contribution in [3.8, 4) is 0 Å². The summed E-state index contributed by atoms with van der Waals surface area (Å²) in [6.07, 6.45) is 0.998. The van der Waals surface area contributed by atoms with Crippen molar-refractivity contribution >= 4 is 17.7 Å². The number of hydrogen-bond acceptors (Lipinski definition) is 2. The molecule has 4 heteroatoms. The molecule has 1 aromatic carbocycles. The van der Waals surface area contributed by atoms with Gasteiger partial charge in [0.25, 0.3) is 5.91 Å². The first-order chi connectivity index (χ1) is 8.60. The molecule has 0 aromatic heterocycles. The molecule has 2 aliphatic heterocycles. The zero-order valence-corrected chi connectivity index (χ0v) is 11.4. The van der Waals surface area contributed by atoms with Gasteiger partial charge < -0.3 is 5.32 Å². The van der Waals surface area contributed by atoms with Crippen molar-refractivity contribution in [1.82, 2.24) is 9.74 Å². The lowest BCUT2D eigenvalue weighted by Gasteiger charge is -2.29. The van der Waals surface area contributed by atoms with Gasteiger partial charge in [-0.05, 0) is 41.8 Å². The van der Waals surface area contributed by atoms with Gasteiger partial charge in [-0.15, -0.1) is 0 Å². The number of nitrogens with one attached hydrogen (secondary N) is 1. The molecular weight excluding hydrogens is 248 g/mol. The first kappa shape index (κ1) is 12.0. The molecule has 3 nitrogen and oxygen atoms in total. The quantitative estimate of drug-likeness (QED) is 0.789. The first-order valence-electron chi connectivity index (χ1n) is 6.45. The number of rotatable bonds is 1. The van der Waals surface area contributed by atoms with E-state index in [1.54, 1.807) is 4.42 Å². The Balaban J connectivity index is 2.14. The second-order valence-electron chi connectivity index (χ2n) is 5.24. The van der Waals surface area contributed by atoms with Crippen molar-refractivity contribution in [3.63, 3.8) is 0 Å². The van der Waals surface area contributed by atoms with E-state index in [0.29, 0.717) is 5.92 Å². The van der Waals surface area contributed by atoms with E-state index in [2.05, 4.69) is 24.4 Å². The van der Waals surface area contributed by atoms with Crippen molar-refractivity contribution in [2.45, 2.75) is 32.2 Å². The van der Waals surface area contributed by atoms with Gasteiger partial charge in [-0.25, -0.2) is 4.42 Å². The Morgan fingerprint density at radius 2 is 2.22 bits per heavy atom. The zero-order valence-electron chi connectivity index (χ0n) is 10.7. The predicted octanol–water partition coefficient (Wildman–Crippen LogP) is 2.22. The van der Waals surface area contributed by atoms with Gasteiger partial charge in [-0.1, -0.05) is 19.1 Å². The highest BCUT2D eigenvalue weighted by Gasteiger charge is 2.40. The Morgan fingerprint density at radius 1 is 1.44 bits per heavy atom. The van der Waals surface area contributed by atoms with Gasteiger partial charge >= 0.3 is 0 Å². The van der Waals surface area contributed by atoms with E-state index in [9.17, 15) is 4.79 Å². The number of carbonyl (C=O) groups is 1. The Hall–Kier alpha value is -1.06. The summed E-state index contributed by atoms with van der Waals surface area (Å²) >= 11 is 6.10. The molecular formula is C14H17ClN2O. The third-order valence-electron chi connectivity index (χ3n) is 4.05. The molecule has 1 N–H and O–H groups in total. The fourth-order valence-corrected chi connectivity index (χ4v) is 3.45. The van der Waals surface area contributed by atoms with Crippen LogP contribution in [0.25, 0.3) is 0 Å². The van der Waals surface area contributed by atoms with Crippen molar-refractivity contribution in [3.05, 3.63) is 34.4 Å². The van der Waals surface area contributed by atoms with Crippen LogP contribution in [-0.4, -0.2) is 29.5 Å². The van der Waals surface area contributed by atoms with Crippen LogP contribution in [0.4, 0.5) is 0 Å². The van der Waals surface area contributed by atoms with Crippen molar-refractivity contribution in [1.29, 1.82) is 0 Å². The lowest BCUT2D eigenvalue weighted by atomic mass is 9.83. The number of benzene rings is 1. The maximum atomic E-state index is 12.2. The third kappa shape index (κ3) is 1.73. The second-order valence-corrected chi connectivity index (χ2v) is 5.72. The zero-order chi connectivity index (χ0) is 12.9. The third-order valence-corrected chi connectivity index (χ3v) is 4.33. The molecule has 96 valence electrons. The number of fused-ring (bicyclic) bond motifs is 3. The van der Waals surface area contributed by atoms with Gasteiger partial charge in [0.05, 0.1) is 6.04 Å². The molecule has 2 aliphatic rings. The van der Waals surface area contributed by atoms with E-state index in [1.165, 1.54) is 11.1 Å². The van der Waals surface area contributed by atoms with Gasteiger partial charge in [0, 0.05) is 24.6 Å². The van der Waals surface area contributed by atoms with Crippen molar-refractivity contribution in [2.24, 2.45) is 0 Å². The summed E-state index contributed by atoms with van der Waals surface area (Å²) in [5.41, 5.74) is 4.42. The van der Waals surface area contributed by atoms with E-state index < -0.39 is 0 Å². The largest absolute Gasteiger partial charge is 0.347 e. The van der Waals surface area contributed by atoms with E-state index in [0.717, 1.165) is 30.6 Å². The van der Waals surface area contributed by atoms with E-state index in [-0.39, 0.29) is 11.9 Å². The number of halogens is 1. The first-order valence-corrected chi connectivity index (χ1v) is 6.79. The highest BCUT2D eigenvalue weighted by atomic mass is 35.5. The molecule has 0 radical (unpaired) electrons. The van der Waals surface area contributed by atoms with Gasteiger partial charge in [-0.2, -0.15) is 0 Å². The standard InChI is InChI=1S/C14H17ClN2O/c1-3-9-4-8(2)13-10(5-9)11-6-17(15)7-12(11)16-14(13)18/h4-5,11-12H,3,6-7H2,1-2H3,(H,16,18)/t11-,12+/m0/s1. The summed E-state index contributed by atoms with van der Waals surface area (Å²) in [6, 6.07) is 4.47. The highest BCUT2D eigenvalue weighted by molar-refractivity contribution is 6.13. The van der Waals surface area contributed by atoms with E-state index >= 15 is 0 Å². The monoisotopic (exact) mass is 264 g/mol. The van der Waals surface area contributed by atoms with Crippen LogP contribution in [0.15, 0.2) is 12.1 Å². The molecule has 3 rings (SSSR count). The number of nitrogens with zero attached hydrogens (tertiary/aromatic N) is 1. The average Bonchev–Trinajstić information content (AvgIpc) is 2.69. The van der Waals surface area contributed by atoms with E-state index in [4.69, 9.17) is 11.8 Å². The minimum Gasteiger partial charge on any atom is -0.347 e. The van der Waals surface area contributed by atoms with Crippen LogP contribution in [0, 0.1) is 6.92 Å². The molecule has 1 amide bonds. The van der Waals surface area contributed by atoms with Crippen molar-refractivity contribution < 1.29 is 4.79 Å². The molecule has 1 fully saturated rings. The fraction of sp³-hybridized carbons (Fsp3) is 0.500. The summed E-state index contributed by atoms with van der Waals surface area (Å²) in [6.45, 7) is 5.70. The molecule has 0 spiro atoms. The average molecular weight is 265 g/mol. The lowest BCUT2D eigenvalue weighted by molar-refractivity contribution is 0.0923. The molecule has 18 heavy (non-hydrogen) atoms. The van der Waals surface area contributed by atoms with Crippen LogP contribution < -0.4 is 5.32 Å². The molecule has 1 aromatic rings. The summed E-state index contributed by atoms with van der Waals surface area (Å²) in [5.74, 6) is 0.388. The van der Waals surface area contributed by atoms with Gasteiger partial charge in [0.15, 0.2) is 0 Å². The Kier molecular flexibility index (Phi) is 2.83. The number of amides is 1. The molecule has 2 heterocycles. The predicted molar refractivity (Wildman–Crippen MR) is 72.0 cm³/mol. The maximum absolute atomic E-state index is 12.2. The molecule has 0 aliphatic carbocycles. The Bertz CT molecular complexity index is 515. The number of carbonyl (C=O) groups excluding carboxylic acids is 1. The summed E-state index contributed by atoms with van der Waals surface area (Å²) in [4.78, 5) is 12.2. The normalized spacial score (nSPS) is 26.7. The SMILES string of the molecule is CCc1cc(C)c2c(c1)[C@@H]1CN(Cl)C[C@H]1NC2=O. The summed E-state index contributed by atoms with van der Waals surface area (Å²) < 4.78 is 1.78. The van der Waals surface area contributed by atoms with Gasteiger partial charge in [-0.3, -0.25) is 4.79 Å². The van der Waals surface area contributed by atoms with Crippen molar-refractivity contribution in [2.75, 3.05) is 13.1 Å². The summed E-state index contributed by atoms with van der Waals surface area (Å²) in [5, 5.41) is 3.08. The Labute approximate surface area is 112 Å². The smallest absolute Gasteiger partial charge is 0.252 e. The van der Waals surface area contributed by atoms with Crippen LogP contribution in [0.3, 0.4) is 0 Å². The van der Waals surface area contributed by atoms with Crippen LogP contribution in [0.5, 0.6) is 0 Å². The number of aryl methyl sites for hydroxylation is 2. The van der Waals surface area contributed by atoms with Crippen LogP contribution in [0.1, 0.15) is 39.9 Å².